The highest BCUT2D eigenvalue weighted by Crippen LogP contribution is 2.32. The third kappa shape index (κ3) is 5.95. The maximum atomic E-state index is 13.4. The van der Waals surface area contributed by atoms with Crippen molar-refractivity contribution < 1.29 is 28.8 Å². The monoisotopic (exact) mass is 526 g/mol. The molecular formula is C31H30N2O6. The van der Waals surface area contributed by atoms with Crippen molar-refractivity contribution in [3.8, 4) is 5.75 Å². The predicted molar refractivity (Wildman–Crippen MR) is 149 cm³/mol. The topological polar surface area (TPSA) is 104 Å². The van der Waals surface area contributed by atoms with Crippen LogP contribution in [0.5, 0.6) is 5.75 Å². The highest BCUT2D eigenvalue weighted by atomic mass is 16.7. The Hall–Kier alpha value is -4.59. The number of Topliss-reactive ketones (excluding diaryl/α,β-unsaturated/α-hetero) is 1. The van der Waals surface area contributed by atoms with E-state index >= 15 is 0 Å². The van der Waals surface area contributed by atoms with Gasteiger partial charge in [-0.2, -0.15) is 0 Å². The van der Waals surface area contributed by atoms with Crippen LogP contribution < -0.4 is 4.74 Å². The van der Waals surface area contributed by atoms with Gasteiger partial charge in [-0.3, -0.25) is 14.4 Å². The minimum Gasteiger partial charge on any atom is -0.427 e. The van der Waals surface area contributed by atoms with E-state index < -0.39 is 11.9 Å². The number of unbranched alkanes of at least 4 members (excludes halogenated alkanes) is 1. The Morgan fingerprint density at radius 2 is 1.36 bits per heavy atom. The number of esters is 1. The third-order valence-electron chi connectivity index (χ3n) is 6.40. The van der Waals surface area contributed by atoms with Gasteiger partial charge in [0.15, 0.2) is 5.78 Å². The minimum atomic E-state index is -0.587. The van der Waals surface area contributed by atoms with Crippen molar-refractivity contribution in [2.24, 2.45) is 5.16 Å². The lowest BCUT2D eigenvalue weighted by atomic mass is 9.99. The van der Waals surface area contributed by atoms with E-state index in [0.29, 0.717) is 35.4 Å². The van der Waals surface area contributed by atoms with Crippen LogP contribution in [0.2, 0.25) is 0 Å². The molecule has 0 spiro atoms. The maximum absolute atomic E-state index is 13.4. The minimum absolute atomic E-state index is 0.175. The number of hydrogen-bond acceptors (Lipinski definition) is 7. The summed E-state index contributed by atoms with van der Waals surface area (Å²) < 4.78 is 7.19. The number of oxime groups is 1. The van der Waals surface area contributed by atoms with Crippen LogP contribution in [0.15, 0.2) is 65.8 Å². The van der Waals surface area contributed by atoms with E-state index in [9.17, 15) is 19.2 Å². The largest absolute Gasteiger partial charge is 0.427 e. The van der Waals surface area contributed by atoms with E-state index in [2.05, 4.69) is 9.72 Å². The Morgan fingerprint density at radius 1 is 0.769 bits per heavy atom. The fourth-order valence-electron chi connectivity index (χ4n) is 4.57. The molecule has 0 saturated carbocycles. The molecule has 0 aliphatic rings. The summed E-state index contributed by atoms with van der Waals surface area (Å²) in [6.45, 7) is 7.31. The molecule has 39 heavy (non-hydrogen) atoms. The summed E-state index contributed by atoms with van der Waals surface area (Å²) in [7, 11) is 0. The Kier molecular flexibility index (Phi) is 8.34. The Morgan fingerprint density at radius 3 is 1.92 bits per heavy atom. The normalized spacial score (nSPS) is 11.5. The lowest BCUT2D eigenvalue weighted by Crippen LogP contribution is -2.15. The van der Waals surface area contributed by atoms with Crippen LogP contribution in [-0.4, -0.2) is 33.8 Å². The molecule has 0 aliphatic carbocycles. The number of aromatic nitrogens is 1. The van der Waals surface area contributed by atoms with E-state index in [1.165, 1.54) is 13.8 Å². The second kappa shape index (κ2) is 11.9. The molecule has 0 bridgehead atoms. The predicted octanol–water partition coefficient (Wildman–Crippen LogP) is 6.26. The van der Waals surface area contributed by atoms with Gasteiger partial charge < -0.3 is 14.1 Å². The Bertz CT molecular complexity index is 1610. The molecule has 0 unspecified atom stereocenters. The molecule has 4 rings (SSSR count). The zero-order valence-corrected chi connectivity index (χ0v) is 22.4. The molecule has 0 radical (unpaired) electrons. The molecule has 0 amide bonds. The van der Waals surface area contributed by atoms with Crippen LogP contribution in [-0.2, 0) is 21.0 Å². The molecule has 1 aromatic heterocycles. The second-order valence-electron chi connectivity index (χ2n) is 9.21. The molecule has 8 heteroatoms. The smallest absolute Gasteiger partial charge is 0.331 e. The zero-order chi connectivity index (χ0) is 28.1. The van der Waals surface area contributed by atoms with Gasteiger partial charge >= 0.3 is 11.9 Å². The molecule has 8 nitrogen and oxygen atoms in total. The fraction of sp³-hybridized carbons (Fsp3) is 0.258. The lowest BCUT2D eigenvalue weighted by molar-refractivity contribution is -0.141. The van der Waals surface area contributed by atoms with Gasteiger partial charge in [0.05, 0.1) is 0 Å². The van der Waals surface area contributed by atoms with Crippen molar-refractivity contribution in [2.75, 3.05) is 0 Å². The summed E-state index contributed by atoms with van der Waals surface area (Å²) in [5.41, 5.74) is 3.46. The first kappa shape index (κ1) is 27.4. The number of carbonyl (C=O) groups is 4. The number of benzene rings is 3. The van der Waals surface area contributed by atoms with Gasteiger partial charge in [-0.1, -0.05) is 18.5 Å². The number of nitrogens with zero attached hydrogens (tertiary/aromatic N) is 2. The average Bonchev–Trinajstić information content (AvgIpc) is 3.24. The lowest BCUT2D eigenvalue weighted by Gasteiger charge is -2.06. The van der Waals surface area contributed by atoms with Crippen LogP contribution in [0.3, 0.4) is 0 Å². The van der Waals surface area contributed by atoms with E-state index in [-0.39, 0.29) is 17.3 Å². The van der Waals surface area contributed by atoms with Gasteiger partial charge in [-0.25, -0.2) is 4.79 Å². The molecule has 0 aliphatic heterocycles. The number of fused-ring (bicyclic) bond motifs is 3. The number of ketones is 2. The zero-order valence-electron chi connectivity index (χ0n) is 22.4. The molecule has 0 saturated heterocycles. The van der Waals surface area contributed by atoms with Crippen LogP contribution in [0.25, 0.3) is 21.8 Å². The highest BCUT2D eigenvalue weighted by molar-refractivity contribution is 6.46. The highest BCUT2D eigenvalue weighted by Gasteiger charge is 2.19. The molecule has 1 heterocycles. The Labute approximate surface area is 226 Å². The van der Waals surface area contributed by atoms with Crippen molar-refractivity contribution in [1.82, 2.24) is 4.57 Å². The van der Waals surface area contributed by atoms with E-state index in [0.717, 1.165) is 34.6 Å². The average molecular weight is 527 g/mol. The summed E-state index contributed by atoms with van der Waals surface area (Å²) in [6, 6.07) is 17.4. The van der Waals surface area contributed by atoms with Gasteiger partial charge in [-0.05, 0) is 80.4 Å². The number of rotatable bonds is 10. The van der Waals surface area contributed by atoms with Crippen LogP contribution in [0, 0.1) is 0 Å². The number of aryl methyl sites for hydroxylation is 1. The summed E-state index contributed by atoms with van der Waals surface area (Å²) in [4.78, 5) is 53.9. The summed E-state index contributed by atoms with van der Waals surface area (Å²) >= 11 is 0. The van der Waals surface area contributed by atoms with Crippen LogP contribution in [0.4, 0.5) is 0 Å². The standard InChI is InChI=1S/C31H30N2O6/c1-5-7-8-27(32-39-20(4)35)31(37)23-12-16-29-26(18-23)25-17-22(11-15-28(25)33(29)6-2)30(36)21-9-13-24(14-10-21)38-19(3)34/h9-18H,5-8H2,1-4H3/b32-27+. The number of hydrogen-bond donors (Lipinski definition) is 0. The number of carbonyl (C=O) groups excluding carboxylic acids is 4. The van der Waals surface area contributed by atoms with Crippen LogP contribution in [0.1, 0.15) is 73.2 Å². The van der Waals surface area contributed by atoms with Crippen LogP contribution >= 0.6 is 0 Å². The third-order valence-corrected chi connectivity index (χ3v) is 6.40. The Balaban J connectivity index is 1.76. The van der Waals surface area contributed by atoms with Gasteiger partial charge in [-0.15, -0.1) is 0 Å². The SMILES string of the molecule is CCCC/C(=N\OC(C)=O)C(=O)c1ccc2c(c1)c1cc(C(=O)c3ccc(OC(C)=O)cc3)ccc1n2CC. The maximum Gasteiger partial charge on any atom is 0.331 e. The molecule has 0 fully saturated rings. The van der Waals surface area contributed by atoms with E-state index in [1.54, 1.807) is 36.4 Å². The van der Waals surface area contributed by atoms with Crippen molar-refractivity contribution in [2.45, 2.75) is 53.5 Å². The van der Waals surface area contributed by atoms with E-state index in [1.807, 2.05) is 38.1 Å². The summed E-state index contributed by atoms with van der Waals surface area (Å²) in [6.07, 6.45) is 1.99. The van der Waals surface area contributed by atoms with Crippen molar-refractivity contribution in [1.29, 1.82) is 0 Å². The van der Waals surface area contributed by atoms with Gasteiger partial charge in [0.25, 0.3) is 0 Å². The fourth-order valence-corrected chi connectivity index (χ4v) is 4.57. The van der Waals surface area contributed by atoms with Crippen molar-refractivity contribution in [3.05, 3.63) is 77.4 Å². The quantitative estimate of drug-likeness (QED) is 0.0603. The van der Waals surface area contributed by atoms with Crippen molar-refractivity contribution >= 4 is 51.0 Å². The first-order chi connectivity index (χ1) is 18.7. The molecule has 0 N–H and O–H groups in total. The van der Waals surface area contributed by atoms with Gasteiger partial charge in [0, 0.05) is 58.9 Å². The molecule has 3 aromatic carbocycles. The molecular weight excluding hydrogens is 496 g/mol. The summed E-state index contributed by atoms with van der Waals surface area (Å²) in [5.74, 6) is -1.13. The van der Waals surface area contributed by atoms with Crippen molar-refractivity contribution in [3.63, 3.8) is 0 Å². The summed E-state index contributed by atoms with van der Waals surface area (Å²) in [5, 5.41) is 5.51. The second-order valence-corrected chi connectivity index (χ2v) is 9.21. The first-order valence-electron chi connectivity index (χ1n) is 12.9. The van der Waals surface area contributed by atoms with Gasteiger partial charge in [0.1, 0.15) is 11.5 Å². The van der Waals surface area contributed by atoms with Gasteiger partial charge in [0.2, 0.25) is 5.78 Å². The molecule has 0 atom stereocenters. The molecule has 4 aromatic rings. The number of ether oxygens (including phenoxy) is 1. The molecule has 200 valence electrons. The van der Waals surface area contributed by atoms with E-state index in [4.69, 9.17) is 9.57 Å². The first-order valence-corrected chi connectivity index (χ1v) is 12.9.